The van der Waals surface area contributed by atoms with Crippen molar-refractivity contribution >= 4 is 21.8 Å². The van der Waals surface area contributed by atoms with Crippen molar-refractivity contribution in [1.82, 2.24) is 5.32 Å². The van der Waals surface area contributed by atoms with E-state index < -0.39 is 29.3 Å². The Morgan fingerprint density at radius 3 is 2.61 bits per heavy atom. The van der Waals surface area contributed by atoms with Gasteiger partial charge in [-0.1, -0.05) is 15.9 Å². The van der Waals surface area contributed by atoms with Crippen molar-refractivity contribution in [3.63, 3.8) is 0 Å². The summed E-state index contributed by atoms with van der Waals surface area (Å²) in [5.74, 6) is -0.865. The Morgan fingerprint density at radius 1 is 1.50 bits per heavy atom. The molecule has 100 valence electrons. The van der Waals surface area contributed by atoms with Crippen LogP contribution in [0.4, 0.5) is 13.2 Å². The first-order valence-electron chi connectivity index (χ1n) is 5.05. The van der Waals surface area contributed by atoms with Gasteiger partial charge in [0.25, 0.3) is 5.91 Å². The second kappa shape index (κ2) is 5.71. The van der Waals surface area contributed by atoms with Gasteiger partial charge in [-0.05, 0) is 25.1 Å². The maximum atomic E-state index is 12.7. The number of amides is 1. The minimum atomic E-state index is -4.61. The number of hydrogen-bond acceptors (Lipinski definition) is 2. The molecule has 1 rings (SSSR count). The van der Waals surface area contributed by atoms with Gasteiger partial charge >= 0.3 is 6.18 Å². The third-order valence-electron chi connectivity index (χ3n) is 2.09. The first-order valence-corrected chi connectivity index (χ1v) is 5.84. The molecule has 7 heteroatoms. The molecule has 1 aromatic rings. The molecule has 0 spiro atoms. The van der Waals surface area contributed by atoms with Gasteiger partial charge < -0.3 is 10.4 Å². The number of benzene rings is 1. The Labute approximate surface area is 110 Å². The second-order valence-corrected chi connectivity index (χ2v) is 4.66. The molecule has 0 aromatic heterocycles. The third-order valence-corrected chi connectivity index (χ3v) is 2.58. The van der Waals surface area contributed by atoms with Gasteiger partial charge in [-0.2, -0.15) is 13.2 Å². The van der Waals surface area contributed by atoms with Crippen LogP contribution in [0.1, 0.15) is 22.8 Å². The zero-order valence-electron chi connectivity index (χ0n) is 9.38. The largest absolute Gasteiger partial charge is 0.417 e. The van der Waals surface area contributed by atoms with E-state index in [4.69, 9.17) is 5.11 Å². The molecule has 0 aliphatic rings. The van der Waals surface area contributed by atoms with Crippen LogP contribution in [0.3, 0.4) is 0 Å². The third kappa shape index (κ3) is 3.99. The van der Waals surface area contributed by atoms with Crippen LogP contribution in [0.25, 0.3) is 0 Å². The highest BCUT2D eigenvalue weighted by molar-refractivity contribution is 9.10. The van der Waals surface area contributed by atoms with E-state index >= 15 is 0 Å². The molecule has 18 heavy (non-hydrogen) atoms. The Bertz CT molecular complexity index is 446. The first kappa shape index (κ1) is 15.0. The fraction of sp³-hybridized carbons (Fsp3) is 0.364. The van der Waals surface area contributed by atoms with E-state index in [0.717, 1.165) is 12.1 Å². The molecule has 1 atom stereocenters. The summed E-state index contributed by atoms with van der Waals surface area (Å²) in [7, 11) is 0. The molecule has 0 saturated heterocycles. The molecule has 0 unspecified atom stereocenters. The van der Waals surface area contributed by atoms with Crippen molar-refractivity contribution in [2.75, 3.05) is 6.54 Å². The van der Waals surface area contributed by atoms with Gasteiger partial charge in [-0.25, -0.2) is 0 Å². The lowest BCUT2D eigenvalue weighted by Gasteiger charge is -2.13. The van der Waals surface area contributed by atoms with Crippen LogP contribution in [0.2, 0.25) is 0 Å². The Kier molecular flexibility index (Phi) is 4.75. The highest BCUT2D eigenvalue weighted by Gasteiger charge is 2.35. The molecule has 0 aliphatic carbocycles. The molecular weight excluding hydrogens is 315 g/mol. The molecule has 1 aromatic carbocycles. The predicted octanol–water partition coefficient (Wildman–Crippen LogP) is 2.58. The average molecular weight is 326 g/mol. The van der Waals surface area contributed by atoms with Crippen LogP contribution in [-0.2, 0) is 6.18 Å². The topological polar surface area (TPSA) is 49.3 Å². The Morgan fingerprint density at radius 2 is 2.11 bits per heavy atom. The van der Waals surface area contributed by atoms with Crippen LogP contribution >= 0.6 is 15.9 Å². The van der Waals surface area contributed by atoms with Crippen molar-refractivity contribution in [3.05, 3.63) is 33.8 Å². The maximum Gasteiger partial charge on any atom is 0.417 e. The zero-order valence-corrected chi connectivity index (χ0v) is 11.0. The smallest absolute Gasteiger partial charge is 0.392 e. The average Bonchev–Trinajstić information content (AvgIpc) is 2.24. The number of carbonyl (C=O) groups excluding carboxylic acids is 1. The SMILES string of the molecule is C[C@H](O)CNC(=O)c1ccc(Br)cc1C(F)(F)F. The Balaban J connectivity index is 3.05. The lowest BCUT2D eigenvalue weighted by atomic mass is 10.1. The highest BCUT2D eigenvalue weighted by Crippen LogP contribution is 2.33. The molecule has 0 heterocycles. The van der Waals surface area contributed by atoms with Crippen molar-refractivity contribution in [3.8, 4) is 0 Å². The van der Waals surface area contributed by atoms with Gasteiger partial charge in [0.05, 0.1) is 17.2 Å². The summed E-state index contributed by atoms with van der Waals surface area (Å²) < 4.78 is 38.4. The van der Waals surface area contributed by atoms with Crippen molar-refractivity contribution in [1.29, 1.82) is 0 Å². The minimum Gasteiger partial charge on any atom is -0.392 e. The summed E-state index contributed by atoms with van der Waals surface area (Å²) in [6.07, 6.45) is -5.43. The second-order valence-electron chi connectivity index (χ2n) is 3.75. The fourth-order valence-electron chi connectivity index (χ4n) is 1.28. The summed E-state index contributed by atoms with van der Waals surface area (Å²) in [5.41, 5.74) is -1.48. The summed E-state index contributed by atoms with van der Waals surface area (Å²) in [6, 6.07) is 3.29. The van der Waals surface area contributed by atoms with Crippen molar-refractivity contribution in [2.24, 2.45) is 0 Å². The van der Waals surface area contributed by atoms with Crippen LogP contribution in [0.5, 0.6) is 0 Å². The standard InChI is InChI=1S/C11H11BrF3NO2/c1-6(17)5-16-10(18)8-3-2-7(12)4-9(8)11(13,14)15/h2-4,6,17H,5H2,1H3,(H,16,18)/t6-/m0/s1. The number of hydrogen-bond donors (Lipinski definition) is 2. The van der Waals surface area contributed by atoms with Gasteiger partial charge in [-0.15, -0.1) is 0 Å². The van der Waals surface area contributed by atoms with Gasteiger partial charge in [0.1, 0.15) is 0 Å². The van der Waals surface area contributed by atoms with Crippen LogP contribution in [0, 0.1) is 0 Å². The van der Waals surface area contributed by atoms with Gasteiger partial charge in [0.15, 0.2) is 0 Å². The molecule has 0 radical (unpaired) electrons. The van der Waals surface area contributed by atoms with Crippen molar-refractivity contribution < 1.29 is 23.1 Å². The number of aliphatic hydroxyl groups excluding tert-OH is 1. The van der Waals surface area contributed by atoms with E-state index in [2.05, 4.69) is 21.2 Å². The van der Waals surface area contributed by atoms with Crippen molar-refractivity contribution in [2.45, 2.75) is 19.2 Å². The predicted molar refractivity (Wildman–Crippen MR) is 63.2 cm³/mol. The van der Waals surface area contributed by atoms with Gasteiger partial charge in [0.2, 0.25) is 0 Å². The van der Waals surface area contributed by atoms with E-state index in [-0.39, 0.29) is 11.0 Å². The van der Waals surface area contributed by atoms with Crippen LogP contribution in [-0.4, -0.2) is 23.7 Å². The number of nitrogens with one attached hydrogen (secondary N) is 1. The summed E-state index contributed by atoms with van der Waals surface area (Å²) in [6.45, 7) is 1.32. The molecular formula is C11H11BrF3NO2. The van der Waals surface area contributed by atoms with Crippen LogP contribution < -0.4 is 5.32 Å². The number of rotatable bonds is 3. The normalized spacial score (nSPS) is 13.2. The highest BCUT2D eigenvalue weighted by atomic mass is 79.9. The van der Waals surface area contributed by atoms with E-state index in [0.29, 0.717) is 0 Å². The summed E-state index contributed by atoms with van der Waals surface area (Å²) in [4.78, 5) is 11.6. The maximum absolute atomic E-state index is 12.7. The van der Waals surface area contributed by atoms with Crippen LogP contribution in [0.15, 0.2) is 22.7 Å². The zero-order chi connectivity index (χ0) is 13.9. The van der Waals surface area contributed by atoms with E-state index in [1.165, 1.54) is 13.0 Å². The summed E-state index contributed by atoms with van der Waals surface area (Å²) >= 11 is 2.93. The molecule has 0 aliphatic heterocycles. The Hall–Kier alpha value is -1.08. The molecule has 0 bridgehead atoms. The number of halogens is 4. The molecule has 0 saturated carbocycles. The number of carbonyl (C=O) groups is 1. The lowest BCUT2D eigenvalue weighted by molar-refractivity contribution is -0.138. The van der Waals surface area contributed by atoms with E-state index in [1.54, 1.807) is 0 Å². The first-order chi connectivity index (χ1) is 8.21. The monoisotopic (exact) mass is 325 g/mol. The molecule has 3 nitrogen and oxygen atoms in total. The van der Waals surface area contributed by atoms with Gasteiger partial charge in [-0.3, -0.25) is 4.79 Å². The quantitative estimate of drug-likeness (QED) is 0.897. The van der Waals surface area contributed by atoms with E-state index in [9.17, 15) is 18.0 Å². The number of alkyl halides is 3. The molecule has 2 N–H and O–H groups in total. The minimum absolute atomic E-state index is 0.105. The van der Waals surface area contributed by atoms with E-state index in [1.807, 2.05) is 0 Å². The number of aliphatic hydroxyl groups is 1. The summed E-state index contributed by atoms with van der Waals surface area (Å²) in [5, 5.41) is 11.2. The lowest BCUT2D eigenvalue weighted by Crippen LogP contribution is -2.32. The molecule has 1 amide bonds. The van der Waals surface area contributed by atoms with Gasteiger partial charge in [0, 0.05) is 11.0 Å². The molecule has 0 fully saturated rings. The fourth-order valence-corrected chi connectivity index (χ4v) is 1.65.